The van der Waals surface area contributed by atoms with Gasteiger partial charge in [-0.2, -0.15) is 0 Å². The maximum atomic E-state index is 12.0. The standard InChI is InChI=1S/C17H18ClNO3/c1-11(20)13-8-6-12(7-9-13)10-19-17(22)16(21)14-4-2-3-5-15(14)18/h2-9,11,16,20-21H,10H2,1H3,(H,19,22)/t11-,16-/m1/s1. The summed E-state index contributed by atoms with van der Waals surface area (Å²) in [4.78, 5) is 12.0. The fourth-order valence-electron chi connectivity index (χ4n) is 2.04. The summed E-state index contributed by atoms with van der Waals surface area (Å²) in [5.74, 6) is -0.507. The molecule has 0 aliphatic carbocycles. The number of amides is 1. The lowest BCUT2D eigenvalue weighted by atomic mass is 10.1. The van der Waals surface area contributed by atoms with Crippen LogP contribution in [0.25, 0.3) is 0 Å². The van der Waals surface area contributed by atoms with Crippen LogP contribution < -0.4 is 5.32 Å². The Hall–Kier alpha value is -1.88. The Bertz CT molecular complexity index is 641. The molecule has 4 nitrogen and oxygen atoms in total. The molecule has 0 bridgehead atoms. The Morgan fingerprint density at radius 1 is 1.14 bits per heavy atom. The van der Waals surface area contributed by atoms with Crippen LogP contribution in [-0.4, -0.2) is 16.1 Å². The van der Waals surface area contributed by atoms with Gasteiger partial charge in [-0.1, -0.05) is 54.1 Å². The molecule has 22 heavy (non-hydrogen) atoms. The summed E-state index contributed by atoms with van der Waals surface area (Å²) < 4.78 is 0. The van der Waals surface area contributed by atoms with E-state index in [1.54, 1.807) is 43.3 Å². The van der Waals surface area contributed by atoms with Gasteiger partial charge in [-0.25, -0.2) is 0 Å². The van der Waals surface area contributed by atoms with E-state index in [1.165, 1.54) is 0 Å². The molecule has 2 aromatic carbocycles. The van der Waals surface area contributed by atoms with Gasteiger partial charge in [0.1, 0.15) is 0 Å². The predicted molar refractivity (Wildman–Crippen MR) is 85.3 cm³/mol. The first kappa shape index (κ1) is 16.5. The summed E-state index contributed by atoms with van der Waals surface area (Å²) in [5, 5.41) is 22.5. The fourth-order valence-corrected chi connectivity index (χ4v) is 2.28. The van der Waals surface area contributed by atoms with Crippen molar-refractivity contribution in [3.8, 4) is 0 Å². The zero-order valence-electron chi connectivity index (χ0n) is 12.2. The van der Waals surface area contributed by atoms with Crippen LogP contribution in [0.4, 0.5) is 0 Å². The Balaban J connectivity index is 1.96. The van der Waals surface area contributed by atoms with Crippen molar-refractivity contribution in [3.05, 3.63) is 70.2 Å². The second-order valence-electron chi connectivity index (χ2n) is 5.06. The molecule has 116 valence electrons. The maximum Gasteiger partial charge on any atom is 0.253 e. The highest BCUT2D eigenvalue weighted by atomic mass is 35.5. The Labute approximate surface area is 134 Å². The molecule has 2 aromatic rings. The van der Waals surface area contributed by atoms with Crippen molar-refractivity contribution in [2.24, 2.45) is 0 Å². The zero-order chi connectivity index (χ0) is 16.1. The fraction of sp³-hybridized carbons (Fsp3) is 0.235. The molecule has 0 saturated heterocycles. The topological polar surface area (TPSA) is 69.6 Å². The van der Waals surface area contributed by atoms with Gasteiger partial charge in [0.05, 0.1) is 6.10 Å². The van der Waals surface area contributed by atoms with E-state index in [0.29, 0.717) is 17.1 Å². The van der Waals surface area contributed by atoms with Crippen molar-refractivity contribution < 1.29 is 15.0 Å². The van der Waals surface area contributed by atoms with Crippen LogP contribution in [0, 0.1) is 0 Å². The average molecular weight is 320 g/mol. The largest absolute Gasteiger partial charge is 0.389 e. The minimum atomic E-state index is -1.30. The Morgan fingerprint density at radius 3 is 2.36 bits per heavy atom. The summed E-state index contributed by atoms with van der Waals surface area (Å²) in [7, 11) is 0. The van der Waals surface area contributed by atoms with Gasteiger partial charge in [-0.3, -0.25) is 4.79 Å². The molecule has 0 aliphatic heterocycles. The van der Waals surface area contributed by atoms with Crippen LogP contribution in [0.1, 0.15) is 35.8 Å². The van der Waals surface area contributed by atoms with Gasteiger partial charge >= 0.3 is 0 Å². The zero-order valence-corrected chi connectivity index (χ0v) is 12.9. The molecule has 0 aliphatic rings. The predicted octanol–water partition coefficient (Wildman–Crippen LogP) is 2.74. The van der Waals surface area contributed by atoms with E-state index in [9.17, 15) is 15.0 Å². The molecule has 3 N–H and O–H groups in total. The number of halogens is 1. The van der Waals surface area contributed by atoms with Crippen LogP contribution in [0.3, 0.4) is 0 Å². The molecule has 0 aromatic heterocycles. The van der Waals surface area contributed by atoms with Crippen molar-refractivity contribution in [2.75, 3.05) is 0 Å². The van der Waals surface area contributed by atoms with Crippen molar-refractivity contribution in [2.45, 2.75) is 25.7 Å². The van der Waals surface area contributed by atoms with Crippen LogP contribution in [0.15, 0.2) is 48.5 Å². The summed E-state index contributed by atoms with van der Waals surface area (Å²) >= 11 is 5.96. The molecule has 2 rings (SSSR count). The van der Waals surface area contributed by atoms with Crippen molar-refractivity contribution in [3.63, 3.8) is 0 Å². The van der Waals surface area contributed by atoms with Crippen LogP contribution in [0.5, 0.6) is 0 Å². The molecular formula is C17H18ClNO3. The SMILES string of the molecule is C[C@@H](O)c1ccc(CNC(=O)[C@H](O)c2ccccc2Cl)cc1. The third-order valence-corrected chi connectivity index (χ3v) is 3.72. The average Bonchev–Trinajstić information content (AvgIpc) is 2.52. The number of nitrogens with one attached hydrogen (secondary N) is 1. The normalized spacial score (nSPS) is 13.5. The number of aliphatic hydroxyl groups is 2. The first-order valence-electron chi connectivity index (χ1n) is 6.96. The molecule has 0 spiro atoms. The second kappa shape index (κ2) is 7.40. The van der Waals surface area contributed by atoms with Crippen LogP contribution in [0.2, 0.25) is 5.02 Å². The Kier molecular flexibility index (Phi) is 5.55. The first-order valence-corrected chi connectivity index (χ1v) is 7.34. The van der Waals surface area contributed by atoms with Gasteiger partial charge < -0.3 is 15.5 Å². The molecule has 1 amide bonds. The van der Waals surface area contributed by atoms with E-state index in [1.807, 2.05) is 12.1 Å². The lowest BCUT2D eigenvalue weighted by Gasteiger charge is -2.13. The van der Waals surface area contributed by atoms with Crippen LogP contribution in [-0.2, 0) is 11.3 Å². The third kappa shape index (κ3) is 4.07. The number of hydrogen-bond donors (Lipinski definition) is 3. The number of benzene rings is 2. The van der Waals surface area contributed by atoms with E-state index in [4.69, 9.17) is 11.6 Å². The van der Waals surface area contributed by atoms with Crippen molar-refractivity contribution >= 4 is 17.5 Å². The van der Waals surface area contributed by atoms with Gasteiger partial charge in [0.15, 0.2) is 6.10 Å². The molecular weight excluding hydrogens is 302 g/mol. The smallest absolute Gasteiger partial charge is 0.253 e. The highest BCUT2D eigenvalue weighted by molar-refractivity contribution is 6.31. The van der Waals surface area contributed by atoms with Crippen molar-refractivity contribution in [1.29, 1.82) is 0 Å². The minimum absolute atomic E-state index is 0.292. The number of carbonyl (C=O) groups excluding carboxylic acids is 1. The molecule has 0 radical (unpaired) electrons. The maximum absolute atomic E-state index is 12.0. The molecule has 0 fully saturated rings. The van der Waals surface area contributed by atoms with E-state index in [2.05, 4.69) is 5.32 Å². The second-order valence-corrected chi connectivity index (χ2v) is 5.47. The number of aliphatic hydroxyl groups excluding tert-OH is 2. The summed E-state index contributed by atoms with van der Waals surface area (Å²) in [6.45, 7) is 1.98. The van der Waals surface area contributed by atoms with Gasteiger partial charge in [-0.05, 0) is 24.1 Å². The monoisotopic (exact) mass is 319 g/mol. The van der Waals surface area contributed by atoms with Crippen LogP contribution >= 0.6 is 11.6 Å². The van der Waals surface area contributed by atoms with Gasteiger partial charge in [0.2, 0.25) is 0 Å². The quantitative estimate of drug-likeness (QED) is 0.793. The molecule has 0 saturated carbocycles. The highest BCUT2D eigenvalue weighted by Crippen LogP contribution is 2.22. The summed E-state index contributed by atoms with van der Waals surface area (Å²) in [6, 6.07) is 13.9. The van der Waals surface area contributed by atoms with E-state index < -0.39 is 18.1 Å². The highest BCUT2D eigenvalue weighted by Gasteiger charge is 2.19. The Morgan fingerprint density at radius 2 is 1.77 bits per heavy atom. The number of hydrogen-bond acceptors (Lipinski definition) is 3. The van der Waals surface area contributed by atoms with Crippen molar-refractivity contribution in [1.82, 2.24) is 5.32 Å². The lowest BCUT2D eigenvalue weighted by Crippen LogP contribution is -2.29. The van der Waals surface area contributed by atoms with E-state index in [0.717, 1.165) is 11.1 Å². The van der Waals surface area contributed by atoms with Gasteiger partial charge in [0.25, 0.3) is 5.91 Å². The van der Waals surface area contributed by atoms with E-state index >= 15 is 0 Å². The number of rotatable bonds is 5. The molecule has 2 atom stereocenters. The number of carbonyl (C=O) groups is 1. The third-order valence-electron chi connectivity index (χ3n) is 3.38. The van der Waals surface area contributed by atoms with E-state index in [-0.39, 0.29) is 0 Å². The minimum Gasteiger partial charge on any atom is -0.389 e. The summed E-state index contributed by atoms with van der Waals surface area (Å²) in [5.41, 5.74) is 2.07. The molecule has 0 unspecified atom stereocenters. The molecule has 5 heteroatoms. The summed E-state index contributed by atoms with van der Waals surface area (Å²) in [6.07, 6.45) is -1.82. The van der Waals surface area contributed by atoms with Gasteiger partial charge in [-0.15, -0.1) is 0 Å². The lowest BCUT2D eigenvalue weighted by molar-refractivity contribution is -0.129. The first-order chi connectivity index (χ1) is 10.5. The molecule has 0 heterocycles. The van der Waals surface area contributed by atoms with Gasteiger partial charge in [0, 0.05) is 17.1 Å².